The molecule has 1 unspecified atom stereocenters. The van der Waals surface area contributed by atoms with Gasteiger partial charge in [0.2, 0.25) is 5.91 Å². The summed E-state index contributed by atoms with van der Waals surface area (Å²) in [7, 11) is 1.46. The quantitative estimate of drug-likeness (QED) is 0.435. The number of hydrogen-bond acceptors (Lipinski definition) is 5. The lowest BCUT2D eigenvalue weighted by Crippen LogP contribution is -2.26. The van der Waals surface area contributed by atoms with Crippen LogP contribution < -0.4 is 10.6 Å². The zero-order chi connectivity index (χ0) is 23.2. The summed E-state index contributed by atoms with van der Waals surface area (Å²) < 4.78 is 8.19. The second-order valence-corrected chi connectivity index (χ2v) is 7.45. The molecule has 4 aromatic rings. The highest BCUT2D eigenvalue weighted by Gasteiger charge is 2.14. The fourth-order valence-corrected chi connectivity index (χ4v) is 3.27. The fraction of sp³-hybridized carbons (Fsp3) is 0.167. The highest BCUT2D eigenvalue weighted by Crippen LogP contribution is 2.17. The van der Waals surface area contributed by atoms with E-state index in [2.05, 4.69) is 20.8 Å². The SMILES string of the molecule is COCC(=O)Nc1cnn(-c2ccc(C(=O)NC(C)c3cnn(-c4ccccc4)c3)cc2)c1. The number of hydrogen-bond donors (Lipinski definition) is 2. The molecule has 4 rings (SSSR count). The monoisotopic (exact) mass is 444 g/mol. The summed E-state index contributed by atoms with van der Waals surface area (Å²) in [6, 6.07) is 16.6. The molecule has 2 aromatic carbocycles. The molecule has 0 saturated carbocycles. The van der Waals surface area contributed by atoms with Gasteiger partial charge in [0.25, 0.3) is 5.91 Å². The first kappa shape index (κ1) is 22.0. The van der Waals surface area contributed by atoms with Gasteiger partial charge in [-0.3, -0.25) is 9.59 Å². The van der Waals surface area contributed by atoms with E-state index in [9.17, 15) is 9.59 Å². The molecule has 0 spiro atoms. The maximum Gasteiger partial charge on any atom is 0.251 e. The summed E-state index contributed by atoms with van der Waals surface area (Å²) in [5.74, 6) is -0.443. The summed E-state index contributed by atoms with van der Waals surface area (Å²) in [6.45, 7) is 1.89. The first-order valence-electron chi connectivity index (χ1n) is 10.4. The van der Waals surface area contributed by atoms with Gasteiger partial charge in [-0.05, 0) is 43.3 Å². The first-order chi connectivity index (χ1) is 16.0. The van der Waals surface area contributed by atoms with Crippen molar-refractivity contribution in [3.63, 3.8) is 0 Å². The van der Waals surface area contributed by atoms with Crippen molar-refractivity contribution in [2.45, 2.75) is 13.0 Å². The van der Waals surface area contributed by atoms with Crippen LogP contribution in [0.4, 0.5) is 5.69 Å². The Kier molecular flexibility index (Phi) is 6.61. The second kappa shape index (κ2) is 9.92. The Labute approximate surface area is 191 Å². The molecule has 168 valence electrons. The molecular formula is C24H24N6O3. The van der Waals surface area contributed by atoms with Crippen LogP contribution in [0.3, 0.4) is 0 Å². The third kappa shape index (κ3) is 5.34. The number of aromatic nitrogens is 4. The largest absolute Gasteiger partial charge is 0.375 e. The van der Waals surface area contributed by atoms with Crippen molar-refractivity contribution in [2.24, 2.45) is 0 Å². The summed E-state index contributed by atoms with van der Waals surface area (Å²) in [4.78, 5) is 24.3. The Balaban J connectivity index is 1.38. The Morgan fingerprint density at radius 2 is 1.61 bits per heavy atom. The molecule has 2 N–H and O–H groups in total. The molecule has 9 nitrogen and oxygen atoms in total. The van der Waals surface area contributed by atoms with E-state index >= 15 is 0 Å². The van der Waals surface area contributed by atoms with Gasteiger partial charge in [-0.2, -0.15) is 10.2 Å². The third-order valence-corrected chi connectivity index (χ3v) is 5.01. The smallest absolute Gasteiger partial charge is 0.251 e. The van der Waals surface area contributed by atoms with Crippen LogP contribution >= 0.6 is 0 Å². The molecule has 2 amide bonds. The minimum atomic E-state index is -0.257. The Hall–Kier alpha value is -4.24. The molecule has 2 aromatic heterocycles. The first-order valence-corrected chi connectivity index (χ1v) is 10.4. The molecule has 0 aliphatic rings. The molecule has 2 heterocycles. The van der Waals surface area contributed by atoms with E-state index in [1.54, 1.807) is 52.2 Å². The van der Waals surface area contributed by atoms with Gasteiger partial charge in [-0.1, -0.05) is 18.2 Å². The molecule has 0 aliphatic carbocycles. The second-order valence-electron chi connectivity index (χ2n) is 7.45. The lowest BCUT2D eigenvalue weighted by atomic mass is 10.1. The molecule has 1 atom stereocenters. The van der Waals surface area contributed by atoms with Gasteiger partial charge in [0.1, 0.15) is 6.61 Å². The fourth-order valence-electron chi connectivity index (χ4n) is 3.27. The normalized spacial score (nSPS) is 11.7. The number of ether oxygens (including phenoxy) is 1. The molecule has 33 heavy (non-hydrogen) atoms. The molecule has 0 aliphatic heterocycles. The van der Waals surface area contributed by atoms with Gasteiger partial charge < -0.3 is 15.4 Å². The summed E-state index contributed by atoms with van der Waals surface area (Å²) in [6.07, 6.45) is 6.90. The van der Waals surface area contributed by atoms with Crippen LogP contribution in [-0.2, 0) is 9.53 Å². The highest BCUT2D eigenvalue weighted by atomic mass is 16.5. The van der Waals surface area contributed by atoms with Crippen LogP contribution in [0, 0.1) is 0 Å². The van der Waals surface area contributed by atoms with Gasteiger partial charge in [-0.15, -0.1) is 0 Å². The van der Waals surface area contributed by atoms with Gasteiger partial charge in [0, 0.05) is 24.4 Å². The number of methoxy groups -OCH3 is 1. The van der Waals surface area contributed by atoms with Crippen molar-refractivity contribution in [1.82, 2.24) is 24.9 Å². The van der Waals surface area contributed by atoms with Gasteiger partial charge in [0.05, 0.1) is 41.7 Å². The number of anilines is 1. The van der Waals surface area contributed by atoms with E-state index in [4.69, 9.17) is 4.74 Å². The summed E-state index contributed by atoms with van der Waals surface area (Å²) >= 11 is 0. The van der Waals surface area contributed by atoms with Crippen molar-refractivity contribution in [1.29, 1.82) is 0 Å². The number of nitrogens with zero attached hydrogens (tertiary/aromatic N) is 4. The van der Waals surface area contributed by atoms with E-state index in [0.29, 0.717) is 11.3 Å². The van der Waals surface area contributed by atoms with Crippen LogP contribution in [0.1, 0.15) is 28.9 Å². The standard InChI is InChI=1S/C24H24N6O3/c1-17(19-12-25-29(14-19)21-6-4-3-5-7-21)27-24(32)18-8-10-22(11-9-18)30-15-20(13-26-30)28-23(31)16-33-2/h3-15,17H,16H2,1-2H3,(H,27,32)(H,28,31). The lowest BCUT2D eigenvalue weighted by Gasteiger charge is -2.12. The zero-order valence-corrected chi connectivity index (χ0v) is 18.3. The number of amides is 2. The zero-order valence-electron chi connectivity index (χ0n) is 18.3. The van der Waals surface area contributed by atoms with Crippen LogP contribution in [0.2, 0.25) is 0 Å². The Morgan fingerprint density at radius 3 is 2.33 bits per heavy atom. The number of para-hydroxylation sites is 1. The number of carbonyl (C=O) groups is 2. The maximum absolute atomic E-state index is 12.7. The molecule has 0 radical (unpaired) electrons. The van der Waals surface area contributed by atoms with E-state index in [1.165, 1.54) is 7.11 Å². The molecular weight excluding hydrogens is 420 g/mol. The van der Waals surface area contributed by atoms with Gasteiger partial charge in [0.15, 0.2) is 0 Å². The van der Waals surface area contributed by atoms with Crippen LogP contribution in [0.25, 0.3) is 11.4 Å². The van der Waals surface area contributed by atoms with Gasteiger partial charge in [-0.25, -0.2) is 9.36 Å². The van der Waals surface area contributed by atoms with Crippen molar-refractivity contribution in [3.8, 4) is 11.4 Å². The van der Waals surface area contributed by atoms with Crippen molar-refractivity contribution < 1.29 is 14.3 Å². The van der Waals surface area contributed by atoms with Crippen molar-refractivity contribution in [3.05, 3.63) is 90.5 Å². The van der Waals surface area contributed by atoms with Gasteiger partial charge >= 0.3 is 0 Å². The topological polar surface area (TPSA) is 103 Å². The van der Waals surface area contributed by atoms with E-state index in [1.807, 2.05) is 43.5 Å². The Morgan fingerprint density at radius 1 is 0.939 bits per heavy atom. The third-order valence-electron chi connectivity index (χ3n) is 5.01. The van der Waals surface area contributed by atoms with Crippen molar-refractivity contribution in [2.75, 3.05) is 19.0 Å². The lowest BCUT2D eigenvalue weighted by molar-refractivity contribution is -0.119. The Bertz CT molecular complexity index is 1230. The van der Waals surface area contributed by atoms with Crippen LogP contribution in [-0.4, -0.2) is 45.1 Å². The average Bonchev–Trinajstić information content (AvgIpc) is 3.50. The predicted molar refractivity (Wildman–Crippen MR) is 124 cm³/mol. The van der Waals surface area contributed by atoms with Crippen molar-refractivity contribution >= 4 is 17.5 Å². The maximum atomic E-state index is 12.7. The molecule has 9 heteroatoms. The number of carbonyl (C=O) groups excluding carboxylic acids is 2. The number of rotatable bonds is 8. The molecule has 0 bridgehead atoms. The minimum absolute atomic E-state index is 0.0273. The average molecular weight is 444 g/mol. The van der Waals surface area contributed by atoms with E-state index in [-0.39, 0.29) is 24.5 Å². The summed E-state index contributed by atoms with van der Waals surface area (Å²) in [5.41, 5.74) is 3.71. The van der Waals surface area contributed by atoms with Crippen LogP contribution in [0.5, 0.6) is 0 Å². The van der Waals surface area contributed by atoms with Crippen LogP contribution in [0.15, 0.2) is 79.4 Å². The minimum Gasteiger partial charge on any atom is -0.375 e. The molecule has 0 saturated heterocycles. The number of benzene rings is 2. The van der Waals surface area contributed by atoms with E-state index < -0.39 is 0 Å². The molecule has 0 fully saturated rings. The number of nitrogens with one attached hydrogen (secondary N) is 2. The summed E-state index contributed by atoms with van der Waals surface area (Å²) in [5, 5.41) is 14.3. The van der Waals surface area contributed by atoms with E-state index in [0.717, 1.165) is 16.9 Å². The predicted octanol–water partition coefficient (Wildman–Crippen LogP) is 3.13. The highest BCUT2D eigenvalue weighted by molar-refractivity contribution is 5.94.